The molecule has 0 atom stereocenters. The van der Waals surface area contributed by atoms with E-state index in [1.54, 1.807) is 5.19 Å². The summed E-state index contributed by atoms with van der Waals surface area (Å²) in [5.41, 5.74) is 6.08. The number of aryl methyl sites for hydroxylation is 1. The van der Waals surface area contributed by atoms with Crippen LogP contribution in [0.3, 0.4) is 0 Å². The molecule has 24 heavy (non-hydrogen) atoms. The van der Waals surface area contributed by atoms with Gasteiger partial charge in [0.15, 0.2) is 0 Å². The van der Waals surface area contributed by atoms with E-state index in [9.17, 15) is 0 Å². The molecule has 1 N–H and O–H groups in total. The molecule has 0 aliphatic heterocycles. The first-order chi connectivity index (χ1) is 11.3. The Hall–Kier alpha value is -1.54. The van der Waals surface area contributed by atoms with Crippen LogP contribution in [0.2, 0.25) is 16.6 Å². The Labute approximate surface area is 147 Å². The zero-order valence-electron chi connectivity index (χ0n) is 16.2. The fourth-order valence-electron chi connectivity index (χ4n) is 5.29. The van der Waals surface area contributed by atoms with Crippen LogP contribution < -0.4 is 5.19 Å². The minimum atomic E-state index is -1.60. The molecule has 0 spiro atoms. The van der Waals surface area contributed by atoms with Gasteiger partial charge in [0, 0.05) is 21.8 Å². The van der Waals surface area contributed by atoms with Gasteiger partial charge in [-0.05, 0) is 41.2 Å². The summed E-state index contributed by atoms with van der Waals surface area (Å²) >= 11 is 0. The Morgan fingerprint density at radius 1 is 0.708 bits per heavy atom. The maximum absolute atomic E-state index is 3.67. The highest BCUT2D eigenvalue weighted by molar-refractivity contribution is 6.95. The fourth-order valence-corrected chi connectivity index (χ4v) is 12.1. The molecule has 0 unspecified atom stereocenters. The van der Waals surface area contributed by atoms with Gasteiger partial charge in [0.25, 0.3) is 0 Å². The van der Waals surface area contributed by atoms with Gasteiger partial charge in [-0.25, -0.2) is 0 Å². The normalized spacial score (nSPS) is 13.1. The zero-order chi connectivity index (χ0) is 17.6. The molecule has 0 saturated heterocycles. The first-order valence-corrected chi connectivity index (χ1v) is 11.5. The number of aromatic nitrogens is 1. The molecule has 0 aliphatic carbocycles. The Morgan fingerprint density at radius 2 is 1.21 bits per heavy atom. The van der Waals surface area contributed by atoms with E-state index < -0.39 is 8.07 Å². The smallest absolute Gasteiger partial charge is 0.0943 e. The second-order valence-electron chi connectivity index (χ2n) is 8.33. The average molecular weight is 338 g/mol. The highest BCUT2D eigenvalue weighted by Gasteiger charge is 2.44. The molecular weight excluding hydrogens is 306 g/mol. The number of fused-ring (bicyclic) bond motifs is 3. The van der Waals surface area contributed by atoms with Gasteiger partial charge in [-0.2, -0.15) is 0 Å². The first-order valence-electron chi connectivity index (χ1n) is 9.31. The summed E-state index contributed by atoms with van der Waals surface area (Å²) < 4.78 is 0. The lowest BCUT2D eigenvalue weighted by Crippen LogP contribution is -2.55. The quantitative estimate of drug-likeness (QED) is 0.522. The van der Waals surface area contributed by atoms with Crippen molar-refractivity contribution in [3.05, 3.63) is 42.0 Å². The summed E-state index contributed by atoms with van der Waals surface area (Å²) in [5.74, 6) is 0. The molecule has 128 valence electrons. The van der Waals surface area contributed by atoms with E-state index >= 15 is 0 Å². The number of hydrogen-bond donors (Lipinski definition) is 1. The Kier molecular flexibility index (Phi) is 4.37. The van der Waals surface area contributed by atoms with Crippen molar-refractivity contribution in [1.82, 2.24) is 4.98 Å². The molecule has 2 heteroatoms. The van der Waals surface area contributed by atoms with Crippen LogP contribution in [-0.4, -0.2) is 13.1 Å². The van der Waals surface area contributed by atoms with Crippen molar-refractivity contribution < 1.29 is 0 Å². The summed E-state index contributed by atoms with van der Waals surface area (Å²) in [7, 11) is -1.60. The number of hydrogen-bond acceptors (Lipinski definition) is 0. The van der Waals surface area contributed by atoms with Gasteiger partial charge in [-0.15, -0.1) is 0 Å². The van der Waals surface area contributed by atoms with Gasteiger partial charge in [0.05, 0.1) is 8.07 Å². The molecule has 3 rings (SSSR count). The number of H-pyrrole nitrogens is 1. The third-order valence-electron chi connectivity index (χ3n) is 6.12. The van der Waals surface area contributed by atoms with E-state index in [1.165, 1.54) is 27.4 Å². The van der Waals surface area contributed by atoms with E-state index in [-0.39, 0.29) is 0 Å². The topological polar surface area (TPSA) is 15.8 Å². The van der Waals surface area contributed by atoms with E-state index in [1.807, 2.05) is 0 Å². The number of aromatic amines is 1. The minimum Gasteiger partial charge on any atom is -0.355 e. The first kappa shape index (κ1) is 17.3. The summed E-state index contributed by atoms with van der Waals surface area (Å²) in [5, 5.41) is 4.30. The predicted octanol–water partition coefficient (Wildman–Crippen LogP) is 6.52. The number of benzene rings is 2. The van der Waals surface area contributed by atoms with Crippen LogP contribution >= 0.6 is 0 Å². The van der Waals surface area contributed by atoms with E-state index in [2.05, 4.69) is 89.8 Å². The standard InChI is InChI=1S/C22H31NSi/c1-14(2)24(15(3)4,16(5)6)18-9-11-20-19-10-8-17(7)12-21(19)23-22(20)13-18/h8-16,23H,1-7H3. The lowest BCUT2D eigenvalue weighted by atomic mass is 10.1. The molecule has 1 nitrogen and oxygen atoms in total. The highest BCUT2D eigenvalue weighted by atomic mass is 28.3. The van der Waals surface area contributed by atoms with Crippen LogP contribution in [0.15, 0.2) is 36.4 Å². The van der Waals surface area contributed by atoms with Crippen molar-refractivity contribution in [1.29, 1.82) is 0 Å². The fraction of sp³-hybridized carbons (Fsp3) is 0.455. The lowest BCUT2D eigenvalue weighted by Gasteiger charge is -2.43. The summed E-state index contributed by atoms with van der Waals surface area (Å²) in [6.07, 6.45) is 0. The number of nitrogens with one attached hydrogen (secondary N) is 1. The molecule has 1 heterocycles. The molecule has 2 aromatic carbocycles. The van der Waals surface area contributed by atoms with Gasteiger partial charge in [0.1, 0.15) is 0 Å². The highest BCUT2D eigenvalue weighted by Crippen LogP contribution is 2.41. The monoisotopic (exact) mass is 337 g/mol. The zero-order valence-corrected chi connectivity index (χ0v) is 17.2. The third kappa shape index (κ3) is 2.43. The van der Waals surface area contributed by atoms with Crippen molar-refractivity contribution in [2.75, 3.05) is 0 Å². The third-order valence-corrected chi connectivity index (χ3v) is 13.2. The molecule has 0 bridgehead atoms. The second kappa shape index (κ2) is 6.07. The molecule has 0 fully saturated rings. The second-order valence-corrected chi connectivity index (χ2v) is 14.2. The molecule has 0 amide bonds. The van der Waals surface area contributed by atoms with E-state index in [0.717, 1.165) is 16.6 Å². The van der Waals surface area contributed by atoms with Gasteiger partial charge < -0.3 is 4.98 Å². The van der Waals surface area contributed by atoms with Gasteiger partial charge in [-0.1, -0.05) is 71.0 Å². The number of rotatable bonds is 4. The van der Waals surface area contributed by atoms with Gasteiger partial charge >= 0.3 is 0 Å². The molecule has 0 radical (unpaired) electrons. The summed E-state index contributed by atoms with van der Waals surface area (Å²) in [6.45, 7) is 16.8. The van der Waals surface area contributed by atoms with E-state index in [0.29, 0.717) is 0 Å². The minimum absolute atomic E-state index is 0.738. The summed E-state index contributed by atoms with van der Waals surface area (Å²) in [6, 6.07) is 14.0. The van der Waals surface area contributed by atoms with Crippen LogP contribution in [0.25, 0.3) is 21.8 Å². The predicted molar refractivity (Wildman–Crippen MR) is 111 cm³/mol. The van der Waals surface area contributed by atoms with Gasteiger partial charge in [-0.3, -0.25) is 0 Å². The maximum Gasteiger partial charge on any atom is 0.0943 e. The Balaban J connectivity index is 2.27. The van der Waals surface area contributed by atoms with E-state index in [4.69, 9.17) is 0 Å². The Morgan fingerprint density at radius 3 is 1.75 bits per heavy atom. The van der Waals surface area contributed by atoms with Gasteiger partial charge in [0.2, 0.25) is 0 Å². The van der Waals surface area contributed by atoms with Crippen LogP contribution in [-0.2, 0) is 0 Å². The van der Waals surface area contributed by atoms with Crippen molar-refractivity contribution in [2.24, 2.45) is 0 Å². The Bertz CT molecular complexity index is 848. The molecule has 0 saturated carbocycles. The van der Waals surface area contributed by atoms with Crippen molar-refractivity contribution in [3.8, 4) is 0 Å². The lowest BCUT2D eigenvalue weighted by molar-refractivity contribution is 0.835. The van der Waals surface area contributed by atoms with Crippen LogP contribution in [0.5, 0.6) is 0 Å². The molecule has 1 aromatic heterocycles. The van der Waals surface area contributed by atoms with Crippen LogP contribution in [0, 0.1) is 6.92 Å². The average Bonchev–Trinajstić information content (AvgIpc) is 2.83. The summed E-state index contributed by atoms with van der Waals surface area (Å²) in [4.78, 5) is 3.67. The largest absolute Gasteiger partial charge is 0.355 e. The van der Waals surface area contributed by atoms with Crippen LogP contribution in [0.1, 0.15) is 47.1 Å². The van der Waals surface area contributed by atoms with Crippen molar-refractivity contribution >= 4 is 35.1 Å². The SMILES string of the molecule is Cc1ccc2c(c1)[nH]c1cc([Si](C(C)C)(C(C)C)C(C)C)ccc12. The van der Waals surface area contributed by atoms with Crippen LogP contribution in [0.4, 0.5) is 0 Å². The maximum atomic E-state index is 3.67. The molecular formula is C22H31NSi. The van der Waals surface area contributed by atoms with Crippen molar-refractivity contribution in [3.63, 3.8) is 0 Å². The molecule has 0 aliphatic rings. The molecule has 3 aromatic rings. The van der Waals surface area contributed by atoms with Crippen molar-refractivity contribution in [2.45, 2.75) is 65.1 Å².